The average Bonchev–Trinajstić information content (AvgIpc) is 2.87. The summed E-state index contributed by atoms with van der Waals surface area (Å²) in [5.41, 5.74) is 0.437. The van der Waals surface area contributed by atoms with Gasteiger partial charge in [0.2, 0.25) is 5.89 Å². The maximum Gasteiger partial charge on any atom is 0.230 e. The average molecular weight is 261 g/mol. The highest BCUT2D eigenvalue weighted by Gasteiger charge is 2.58. The highest BCUT2D eigenvalue weighted by molar-refractivity contribution is 7.09. The lowest BCUT2D eigenvalue weighted by atomic mass is 10.0. The van der Waals surface area contributed by atoms with Gasteiger partial charge in [-0.3, -0.25) is 0 Å². The number of hydrogen-bond acceptors (Lipinski definition) is 5. The van der Waals surface area contributed by atoms with Crippen LogP contribution in [0.4, 0.5) is 0 Å². The Hall–Kier alpha value is -1.20. The minimum atomic E-state index is 0.437. The third-order valence-corrected chi connectivity index (χ3v) is 5.04. The molecule has 1 aliphatic carbocycles. The number of thiophene rings is 1. The quantitative estimate of drug-likeness (QED) is 0.920. The van der Waals surface area contributed by atoms with E-state index < -0.39 is 0 Å². The molecule has 5 heteroatoms. The lowest BCUT2D eigenvalue weighted by Gasteiger charge is -2.02. The molecule has 1 spiro atoms. The highest BCUT2D eigenvalue weighted by Crippen LogP contribution is 2.62. The van der Waals surface area contributed by atoms with Crippen molar-refractivity contribution in [2.45, 2.75) is 25.2 Å². The van der Waals surface area contributed by atoms with Gasteiger partial charge in [0.25, 0.3) is 0 Å². The van der Waals surface area contributed by atoms with Crippen molar-refractivity contribution in [3.8, 4) is 0 Å². The molecule has 0 radical (unpaired) electrons. The van der Waals surface area contributed by atoms with Crippen molar-refractivity contribution >= 4 is 11.3 Å². The molecule has 1 N–H and O–H groups in total. The van der Waals surface area contributed by atoms with Gasteiger partial charge in [-0.15, -0.1) is 11.3 Å². The van der Waals surface area contributed by atoms with E-state index in [2.05, 4.69) is 33.0 Å². The zero-order valence-electron chi connectivity index (χ0n) is 10.1. The molecule has 2 aromatic rings. The van der Waals surface area contributed by atoms with Crippen LogP contribution < -0.4 is 5.32 Å². The Morgan fingerprint density at radius 1 is 1.56 bits per heavy atom. The first-order chi connectivity index (χ1) is 8.86. The van der Waals surface area contributed by atoms with Gasteiger partial charge >= 0.3 is 0 Å². The molecule has 94 valence electrons. The Bertz CT molecular complexity index is 542. The molecule has 1 saturated heterocycles. The highest BCUT2D eigenvalue weighted by atomic mass is 32.1. The van der Waals surface area contributed by atoms with Crippen LogP contribution in [0.3, 0.4) is 0 Å². The van der Waals surface area contributed by atoms with Gasteiger partial charge < -0.3 is 9.84 Å². The molecule has 2 atom stereocenters. The summed E-state index contributed by atoms with van der Waals surface area (Å²) in [6.45, 7) is 2.24. The second-order valence-corrected chi connectivity index (χ2v) is 6.38. The third kappa shape index (κ3) is 1.69. The number of aromatic nitrogens is 2. The van der Waals surface area contributed by atoms with Crippen molar-refractivity contribution in [1.82, 2.24) is 15.5 Å². The molecule has 1 aliphatic heterocycles. The minimum Gasteiger partial charge on any atom is -0.339 e. The van der Waals surface area contributed by atoms with Crippen molar-refractivity contribution < 1.29 is 4.52 Å². The SMILES string of the molecule is c1csc(Cc2noc(C3CC34CCNC4)n2)c1. The predicted octanol–water partition coefficient (Wildman–Crippen LogP) is 2.19. The largest absolute Gasteiger partial charge is 0.339 e. The molecule has 18 heavy (non-hydrogen) atoms. The second kappa shape index (κ2) is 3.90. The van der Waals surface area contributed by atoms with E-state index in [4.69, 9.17) is 4.52 Å². The summed E-state index contributed by atoms with van der Waals surface area (Å²) in [6, 6.07) is 4.17. The fourth-order valence-electron chi connectivity index (χ4n) is 2.98. The van der Waals surface area contributed by atoms with E-state index in [9.17, 15) is 0 Å². The van der Waals surface area contributed by atoms with Crippen LogP contribution in [0.5, 0.6) is 0 Å². The summed E-state index contributed by atoms with van der Waals surface area (Å²) in [4.78, 5) is 5.85. The molecule has 0 aromatic carbocycles. The summed E-state index contributed by atoms with van der Waals surface area (Å²) in [6.07, 6.45) is 3.25. The zero-order chi connectivity index (χ0) is 12.0. The number of nitrogens with one attached hydrogen (secondary N) is 1. The summed E-state index contributed by atoms with van der Waals surface area (Å²) in [5, 5.41) is 9.62. The Morgan fingerprint density at radius 3 is 3.33 bits per heavy atom. The van der Waals surface area contributed by atoms with Crippen molar-refractivity contribution in [1.29, 1.82) is 0 Å². The Labute approximate surface area is 109 Å². The van der Waals surface area contributed by atoms with Crippen LogP contribution >= 0.6 is 11.3 Å². The molecule has 0 amide bonds. The lowest BCUT2D eigenvalue weighted by Crippen LogP contribution is -2.10. The second-order valence-electron chi connectivity index (χ2n) is 5.35. The number of rotatable bonds is 3. The van der Waals surface area contributed by atoms with Crippen LogP contribution in [0.2, 0.25) is 0 Å². The topological polar surface area (TPSA) is 51.0 Å². The standard InChI is InChI=1S/C13H15N3OS/c1-2-9(18-5-1)6-11-15-12(17-16-11)10-7-13(10)3-4-14-8-13/h1-2,5,10,14H,3-4,6-8H2. The van der Waals surface area contributed by atoms with Gasteiger partial charge in [-0.25, -0.2) is 0 Å². The first-order valence-electron chi connectivity index (χ1n) is 6.41. The molecule has 0 bridgehead atoms. The maximum absolute atomic E-state index is 5.44. The molecular formula is C13H15N3OS. The third-order valence-electron chi connectivity index (χ3n) is 4.16. The molecule has 2 unspecified atom stereocenters. The van der Waals surface area contributed by atoms with Crippen LogP contribution in [0, 0.1) is 5.41 Å². The van der Waals surface area contributed by atoms with Crippen molar-refractivity contribution in [2.24, 2.45) is 5.41 Å². The van der Waals surface area contributed by atoms with E-state index in [-0.39, 0.29) is 0 Å². The Morgan fingerprint density at radius 2 is 2.56 bits per heavy atom. The van der Waals surface area contributed by atoms with Gasteiger partial charge in [-0.1, -0.05) is 11.2 Å². The van der Waals surface area contributed by atoms with Gasteiger partial charge in [0, 0.05) is 23.8 Å². The fourth-order valence-corrected chi connectivity index (χ4v) is 3.68. The maximum atomic E-state index is 5.44. The van der Waals surface area contributed by atoms with Gasteiger partial charge in [-0.05, 0) is 36.2 Å². The van der Waals surface area contributed by atoms with Gasteiger partial charge in [0.1, 0.15) is 0 Å². The van der Waals surface area contributed by atoms with Crippen LogP contribution in [-0.4, -0.2) is 23.2 Å². The normalized spacial score (nSPS) is 30.1. The molecule has 2 fully saturated rings. The van der Waals surface area contributed by atoms with E-state index >= 15 is 0 Å². The predicted molar refractivity (Wildman–Crippen MR) is 68.7 cm³/mol. The summed E-state index contributed by atoms with van der Waals surface area (Å²) >= 11 is 1.74. The molecular weight excluding hydrogens is 246 g/mol. The number of hydrogen-bond donors (Lipinski definition) is 1. The van der Waals surface area contributed by atoms with E-state index in [1.807, 2.05) is 0 Å². The van der Waals surface area contributed by atoms with Crippen LogP contribution in [0.15, 0.2) is 22.0 Å². The van der Waals surface area contributed by atoms with Crippen LogP contribution in [0.25, 0.3) is 0 Å². The Kier molecular flexibility index (Phi) is 2.32. The first kappa shape index (κ1) is 10.7. The fraction of sp³-hybridized carbons (Fsp3) is 0.538. The molecule has 4 nitrogen and oxygen atoms in total. The molecule has 2 aromatic heterocycles. The summed E-state index contributed by atoms with van der Waals surface area (Å²) < 4.78 is 5.44. The van der Waals surface area contributed by atoms with E-state index in [1.54, 1.807) is 11.3 Å². The monoisotopic (exact) mass is 261 g/mol. The molecule has 1 saturated carbocycles. The van der Waals surface area contributed by atoms with Gasteiger partial charge in [-0.2, -0.15) is 4.98 Å². The molecule has 3 heterocycles. The van der Waals surface area contributed by atoms with E-state index in [1.165, 1.54) is 17.7 Å². The summed E-state index contributed by atoms with van der Waals surface area (Å²) in [5.74, 6) is 2.17. The van der Waals surface area contributed by atoms with Crippen molar-refractivity contribution in [3.05, 3.63) is 34.1 Å². The zero-order valence-corrected chi connectivity index (χ0v) is 10.9. The van der Waals surface area contributed by atoms with Crippen LogP contribution in [0.1, 0.15) is 35.4 Å². The van der Waals surface area contributed by atoms with E-state index in [0.717, 1.165) is 31.2 Å². The van der Waals surface area contributed by atoms with Gasteiger partial charge in [0.15, 0.2) is 5.82 Å². The Balaban J connectivity index is 1.49. The molecule has 4 rings (SSSR count). The van der Waals surface area contributed by atoms with E-state index in [0.29, 0.717) is 11.3 Å². The minimum absolute atomic E-state index is 0.437. The molecule has 2 aliphatic rings. The summed E-state index contributed by atoms with van der Waals surface area (Å²) in [7, 11) is 0. The smallest absolute Gasteiger partial charge is 0.230 e. The lowest BCUT2D eigenvalue weighted by molar-refractivity contribution is 0.360. The first-order valence-corrected chi connectivity index (χ1v) is 7.29. The number of nitrogens with zero attached hydrogens (tertiary/aromatic N) is 2. The van der Waals surface area contributed by atoms with Crippen molar-refractivity contribution in [2.75, 3.05) is 13.1 Å². The van der Waals surface area contributed by atoms with Crippen molar-refractivity contribution in [3.63, 3.8) is 0 Å². The van der Waals surface area contributed by atoms with Crippen LogP contribution in [-0.2, 0) is 6.42 Å². The van der Waals surface area contributed by atoms with Gasteiger partial charge in [0.05, 0.1) is 0 Å².